The van der Waals surface area contributed by atoms with Crippen molar-refractivity contribution in [2.75, 3.05) is 13.1 Å². The zero-order valence-corrected chi connectivity index (χ0v) is 6.94. The van der Waals surface area contributed by atoms with Crippen LogP contribution in [0.3, 0.4) is 0 Å². The Labute approximate surface area is 67.4 Å². The standard InChI is InChI=1S/C8H13NS/c10-6-9-4-7-2-1-3-8(7)5-9/h6-8H,1-5H2/t7-,8+. The lowest BCUT2D eigenvalue weighted by Crippen LogP contribution is -2.17. The van der Waals surface area contributed by atoms with Gasteiger partial charge in [0.25, 0.3) is 0 Å². The molecular formula is C8H13NS. The van der Waals surface area contributed by atoms with E-state index < -0.39 is 0 Å². The molecule has 1 saturated heterocycles. The highest BCUT2D eigenvalue weighted by molar-refractivity contribution is 7.78. The number of hydrogen-bond acceptors (Lipinski definition) is 1. The zero-order chi connectivity index (χ0) is 6.97. The molecule has 0 aromatic carbocycles. The van der Waals surface area contributed by atoms with Gasteiger partial charge < -0.3 is 4.90 Å². The van der Waals surface area contributed by atoms with Crippen molar-refractivity contribution in [1.29, 1.82) is 0 Å². The zero-order valence-electron chi connectivity index (χ0n) is 6.12. The molecule has 1 aliphatic heterocycles. The SMILES string of the molecule is S=CN1C[C@H]2CCC[C@H]2C1. The normalized spacial score (nSPS) is 38.2. The molecule has 2 atom stereocenters. The van der Waals surface area contributed by atoms with Crippen LogP contribution in [0.5, 0.6) is 0 Å². The molecule has 0 radical (unpaired) electrons. The summed E-state index contributed by atoms with van der Waals surface area (Å²) in [6, 6.07) is 0. The third-order valence-corrected chi connectivity index (χ3v) is 3.20. The minimum atomic E-state index is 0.985. The van der Waals surface area contributed by atoms with E-state index in [1.165, 1.54) is 32.4 Å². The molecule has 56 valence electrons. The molecule has 1 saturated carbocycles. The molecule has 1 aliphatic carbocycles. The van der Waals surface area contributed by atoms with Crippen molar-refractivity contribution in [3.63, 3.8) is 0 Å². The van der Waals surface area contributed by atoms with Gasteiger partial charge >= 0.3 is 0 Å². The van der Waals surface area contributed by atoms with E-state index in [1.54, 1.807) is 0 Å². The molecule has 1 heterocycles. The summed E-state index contributed by atoms with van der Waals surface area (Å²) in [4.78, 5) is 2.30. The quantitative estimate of drug-likeness (QED) is 0.530. The van der Waals surface area contributed by atoms with Gasteiger partial charge in [0.1, 0.15) is 0 Å². The summed E-state index contributed by atoms with van der Waals surface area (Å²) in [5.74, 6) is 1.97. The van der Waals surface area contributed by atoms with Crippen LogP contribution in [0, 0.1) is 11.8 Å². The second-order valence-corrected chi connectivity index (χ2v) is 3.72. The second kappa shape index (κ2) is 2.50. The van der Waals surface area contributed by atoms with Crippen molar-refractivity contribution in [2.24, 2.45) is 11.8 Å². The largest absolute Gasteiger partial charge is 0.368 e. The summed E-state index contributed by atoms with van der Waals surface area (Å²) >= 11 is 4.89. The first-order valence-electron chi connectivity index (χ1n) is 4.09. The van der Waals surface area contributed by atoms with Gasteiger partial charge in [0.2, 0.25) is 0 Å². The fourth-order valence-corrected chi connectivity index (χ4v) is 2.53. The van der Waals surface area contributed by atoms with Crippen LogP contribution in [0.15, 0.2) is 0 Å². The number of likely N-dealkylation sites (tertiary alicyclic amines) is 1. The molecule has 0 bridgehead atoms. The Bertz CT molecular complexity index is 134. The lowest BCUT2D eigenvalue weighted by Gasteiger charge is -2.10. The third-order valence-electron chi connectivity index (χ3n) is 2.90. The van der Waals surface area contributed by atoms with Crippen molar-refractivity contribution in [2.45, 2.75) is 19.3 Å². The fraction of sp³-hybridized carbons (Fsp3) is 0.875. The highest BCUT2D eigenvalue weighted by Gasteiger charge is 2.34. The lowest BCUT2D eigenvalue weighted by molar-refractivity contribution is 0.483. The van der Waals surface area contributed by atoms with Crippen LogP contribution in [0.25, 0.3) is 0 Å². The van der Waals surface area contributed by atoms with E-state index in [0.717, 1.165) is 11.8 Å². The summed E-state index contributed by atoms with van der Waals surface area (Å²) in [5.41, 5.74) is 1.83. The minimum Gasteiger partial charge on any atom is -0.368 e. The van der Waals surface area contributed by atoms with E-state index in [9.17, 15) is 0 Å². The van der Waals surface area contributed by atoms with Gasteiger partial charge in [-0.2, -0.15) is 0 Å². The van der Waals surface area contributed by atoms with Gasteiger partial charge in [-0.3, -0.25) is 0 Å². The van der Waals surface area contributed by atoms with Crippen LogP contribution < -0.4 is 0 Å². The predicted octanol–water partition coefficient (Wildman–Crippen LogP) is 1.68. The molecule has 2 rings (SSSR count). The monoisotopic (exact) mass is 155 g/mol. The van der Waals surface area contributed by atoms with Gasteiger partial charge in [0, 0.05) is 13.1 Å². The molecule has 10 heavy (non-hydrogen) atoms. The first-order chi connectivity index (χ1) is 4.90. The van der Waals surface area contributed by atoms with Crippen molar-refractivity contribution in [3.8, 4) is 0 Å². The molecule has 2 heteroatoms. The molecule has 0 amide bonds. The Kier molecular flexibility index (Phi) is 1.65. The molecule has 0 aromatic heterocycles. The van der Waals surface area contributed by atoms with E-state index in [0.29, 0.717) is 0 Å². The predicted molar refractivity (Wildman–Crippen MR) is 46.1 cm³/mol. The van der Waals surface area contributed by atoms with Crippen molar-refractivity contribution in [3.05, 3.63) is 0 Å². The average molecular weight is 155 g/mol. The second-order valence-electron chi connectivity index (χ2n) is 3.51. The van der Waals surface area contributed by atoms with Gasteiger partial charge in [-0.05, 0) is 24.7 Å². The van der Waals surface area contributed by atoms with E-state index in [4.69, 9.17) is 12.2 Å². The first-order valence-corrected chi connectivity index (χ1v) is 4.56. The van der Waals surface area contributed by atoms with Crippen LogP contribution in [0.2, 0.25) is 0 Å². The van der Waals surface area contributed by atoms with Crippen LogP contribution in [-0.4, -0.2) is 23.5 Å². The third kappa shape index (κ3) is 0.947. The van der Waals surface area contributed by atoms with Gasteiger partial charge in [-0.25, -0.2) is 0 Å². The maximum absolute atomic E-state index is 4.89. The first kappa shape index (κ1) is 6.59. The van der Waals surface area contributed by atoms with Gasteiger partial charge in [0.15, 0.2) is 0 Å². The molecular weight excluding hydrogens is 142 g/mol. The number of thiocarbonyl (C=S) groups is 1. The van der Waals surface area contributed by atoms with E-state index in [2.05, 4.69) is 4.90 Å². The van der Waals surface area contributed by atoms with Crippen molar-refractivity contribution in [1.82, 2.24) is 4.90 Å². The molecule has 0 aromatic rings. The summed E-state index contributed by atoms with van der Waals surface area (Å²) in [5, 5.41) is 0. The summed E-state index contributed by atoms with van der Waals surface area (Å²) in [6.07, 6.45) is 4.36. The lowest BCUT2D eigenvalue weighted by atomic mass is 10.0. The van der Waals surface area contributed by atoms with E-state index in [1.807, 2.05) is 5.49 Å². The maximum atomic E-state index is 4.89. The van der Waals surface area contributed by atoms with Crippen LogP contribution in [-0.2, 0) is 0 Å². The number of nitrogens with zero attached hydrogens (tertiary/aromatic N) is 1. The topological polar surface area (TPSA) is 3.24 Å². The Hall–Kier alpha value is -0.110. The fourth-order valence-electron chi connectivity index (χ4n) is 2.36. The van der Waals surface area contributed by atoms with Crippen molar-refractivity contribution >= 4 is 17.7 Å². The van der Waals surface area contributed by atoms with E-state index in [-0.39, 0.29) is 0 Å². The summed E-state index contributed by atoms with van der Waals surface area (Å²) < 4.78 is 0. The van der Waals surface area contributed by atoms with Gasteiger partial charge in [-0.1, -0.05) is 18.6 Å². The minimum absolute atomic E-state index is 0.985. The van der Waals surface area contributed by atoms with Crippen LogP contribution in [0.4, 0.5) is 0 Å². The van der Waals surface area contributed by atoms with Crippen LogP contribution in [0.1, 0.15) is 19.3 Å². The van der Waals surface area contributed by atoms with E-state index >= 15 is 0 Å². The van der Waals surface area contributed by atoms with Gasteiger partial charge in [0.05, 0.1) is 5.49 Å². The number of hydrogen-bond donors (Lipinski definition) is 0. The van der Waals surface area contributed by atoms with Gasteiger partial charge in [-0.15, -0.1) is 0 Å². The molecule has 0 N–H and O–H groups in total. The molecule has 2 aliphatic rings. The average Bonchev–Trinajstić information content (AvgIpc) is 2.42. The molecule has 0 unspecified atom stereocenters. The smallest absolute Gasteiger partial charge is 0.0641 e. The Balaban J connectivity index is 1.99. The highest BCUT2D eigenvalue weighted by Crippen LogP contribution is 2.36. The summed E-state index contributed by atoms with van der Waals surface area (Å²) in [6.45, 7) is 2.49. The Morgan fingerprint density at radius 2 is 1.80 bits per heavy atom. The molecule has 0 spiro atoms. The number of rotatable bonds is 1. The number of fused-ring (bicyclic) bond motifs is 1. The molecule has 1 nitrogen and oxygen atoms in total. The van der Waals surface area contributed by atoms with Crippen molar-refractivity contribution < 1.29 is 0 Å². The highest BCUT2D eigenvalue weighted by atomic mass is 32.1. The van der Waals surface area contributed by atoms with Crippen LogP contribution >= 0.6 is 12.2 Å². The Morgan fingerprint density at radius 3 is 2.30 bits per heavy atom. The Morgan fingerprint density at radius 1 is 1.20 bits per heavy atom. The summed E-state index contributed by atoms with van der Waals surface area (Å²) in [7, 11) is 0. The molecule has 2 fully saturated rings. The maximum Gasteiger partial charge on any atom is 0.0641 e.